The van der Waals surface area contributed by atoms with Crippen LogP contribution in [0.5, 0.6) is 0 Å². The highest BCUT2D eigenvalue weighted by Gasteiger charge is 2.49. The maximum atomic E-state index is 14.4. The van der Waals surface area contributed by atoms with E-state index in [9.17, 15) is 14.3 Å². The number of carbonyl (C=O) groups excluding carboxylic acids is 1. The highest BCUT2D eigenvalue weighted by atomic mass is 19.1. The number of anilines is 2. The van der Waals surface area contributed by atoms with Gasteiger partial charge in [0.25, 0.3) is 5.91 Å². The SMILES string of the molecule is C[C@]1(O)CCCC(Nc2nc(NC34CCC(F)(CC3)CC4)ncc2C(N)=O)C1. The van der Waals surface area contributed by atoms with Crippen molar-refractivity contribution in [2.24, 2.45) is 5.73 Å². The van der Waals surface area contributed by atoms with E-state index in [-0.39, 0.29) is 17.1 Å². The summed E-state index contributed by atoms with van der Waals surface area (Å²) in [6.07, 6.45) is 8.59. The van der Waals surface area contributed by atoms with Crippen LogP contribution in [0.4, 0.5) is 16.2 Å². The Kier molecular flexibility index (Phi) is 4.72. The Hall–Kier alpha value is -1.96. The fourth-order valence-corrected chi connectivity index (χ4v) is 5.08. The van der Waals surface area contributed by atoms with Crippen LogP contribution >= 0.6 is 0 Å². The Morgan fingerprint density at radius 2 is 1.93 bits per heavy atom. The second kappa shape index (κ2) is 6.83. The van der Waals surface area contributed by atoms with Crippen molar-refractivity contribution < 1.29 is 14.3 Å². The van der Waals surface area contributed by atoms with Gasteiger partial charge in [-0.1, -0.05) is 0 Å². The predicted octanol–water partition coefficient (Wildman–Crippen LogP) is 2.91. The zero-order chi connectivity index (χ0) is 20.0. The molecule has 1 amide bonds. The number of rotatable bonds is 5. The molecule has 0 spiro atoms. The van der Waals surface area contributed by atoms with Gasteiger partial charge >= 0.3 is 0 Å². The van der Waals surface area contributed by atoms with Crippen LogP contribution < -0.4 is 16.4 Å². The molecule has 1 aromatic rings. The molecule has 28 heavy (non-hydrogen) atoms. The van der Waals surface area contributed by atoms with Crippen LogP contribution in [0.3, 0.4) is 0 Å². The summed E-state index contributed by atoms with van der Waals surface area (Å²) in [7, 11) is 0. The summed E-state index contributed by atoms with van der Waals surface area (Å²) in [6.45, 7) is 1.83. The smallest absolute Gasteiger partial charge is 0.254 e. The van der Waals surface area contributed by atoms with Crippen LogP contribution in [0.1, 0.15) is 81.5 Å². The molecule has 4 aliphatic carbocycles. The summed E-state index contributed by atoms with van der Waals surface area (Å²) in [4.78, 5) is 20.7. The molecule has 8 heteroatoms. The standard InChI is InChI=1S/C20H30FN5O2/c1-18(28)4-2-3-13(11-18)24-16-14(15(22)27)12-23-17(25-16)26-20-8-5-19(21,6-9-20)7-10-20/h12-13,28H,2-11H2,1H3,(H2,22,27)(H2,23,24,25,26)/t13?,18-,19?,20?/m0/s1. The Labute approximate surface area is 164 Å². The predicted molar refractivity (Wildman–Crippen MR) is 105 cm³/mol. The molecule has 7 nitrogen and oxygen atoms in total. The van der Waals surface area contributed by atoms with Crippen molar-refractivity contribution >= 4 is 17.7 Å². The van der Waals surface area contributed by atoms with Gasteiger partial charge < -0.3 is 21.5 Å². The molecule has 4 aliphatic rings. The summed E-state index contributed by atoms with van der Waals surface area (Å²) >= 11 is 0. The first-order valence-electron chi connectivity index (χ1n) is 10.3. The van der Waals surface area contributed by atoms with Crippen LogP contribution in [0, 0.1) is 0 Å². The normalized spacial score (nSPS) is 37.5. The number of nitrogens with one attached hydrogen (secondary N) is 2. The van der Waals surface area contributed by atoms with E-state index in [4.69, 9.17) is 5.73 Å². The van der Waals surface area contributed by atoms with Crippen LogP contribution in [0.15, 0.2) is 6.20 Å². The van der Waals surface area contributed by atoms with Gasteiger partial charge in [-0.05, 0) is 71.1 Å². The van der Waals surface area contributed by atoms with Crippen molar-refractivity contribution in [3.63, 3.8) is 0 Å². The first kappa shape index (κ1) is 19.4. The molecule has 2 bridgehead atoms. The molecule has 4 saturated carbocycles. The number of primary amides is 1. The topological polar surface area (TPSA) is 113 Å². The third-order valence-electron chi connectivity index (χ3n) is 6.88. The Bertz CT molecular complexity index is 744. The van der Waals surface area contributed by atoms with Gasteiger partial charge in [-0.2, -0.15) is 4.98 Å². The average Bonchev–Trinajstić information content (AvgIpc) is 2.62. The molecule has 2 atom stereocenters. The number of hydrogen-bond acceptors (Lipinski definition) is 6. The van der Waals surface area contributed by atoms with E-state index in [1.54, 1.807) is 0 Å². The van der Waals surface area contributed by atoms with Gasteiger partial charge in [0.05, 0.1) is 11.2 Å². The maximum Gasteiger partial charge on any atom is 0.254 e. The van der Waals surface area contributed by atoms with Gasteiger partial charge in [-0.15, -0.1) is 0 Å². The minimum absolute atomic E-state index is 0.0132. The van der Waals surface area contributed by atoms with Crippen molar-refractivity contribution in [3.8, 4) is 0 Å². The number of halogens is 1. The molecule has 5 N–H and O–H groups in total. The molecule has 1 unspecified atom stereocenters. The molecule has 5 rings (SSSR count). The van der Waals surface area contributed by atoms with Crippen LogP contribution in [-0.4, -0.2) is 43.8 Å². The summed E-state index contributed by atoms with van der Waals surface area (Å²) in [5, 5.41) is 17.1. The zero-order valence-corrected chi connectivity index (χ0v) is 16.4. The summed E-state index contributed by atoms with van der Waals surface area (Å²) in [5.74, 6) is 0.242. The zero-order valence-electron chi connectivity index (χ0n) is 16.4. The monoisotopic (exact) mass is 391 g/mol. The van der Waals surface area contributed by atoms with Gasteiger partial charge in [0.1, 0.15) is 11.5 Å². The molecule has 0 aliphatic heterocycles. The number of nitrogens with two attached hydrogens (primary N) is 1. The van der Waals surface area contributed by atoms with Crippen molar-refractivity contribution in [1.29, 1.82) is 0 Å². The highest BCUT2D eigenvalue weighted by molar-refractivity contribution is 5.97. The number of alkyl halides is 1. The number of fused-ring (bicyclic) bond motifs is 3. The molecule has 0 aromatic carbocycles. The van der Waals surface area contributed by atoms with Crippen molar-refractivity contribution in [2.75, 3.05) is 10.6 Å². The lowest BCUT2D eigenvalue weighted by atomic mass is 9.64. The fourth-order valence-electron chi connectivity index (χ4n) is 5.08. The van der Waals surface area contributed by atoms with Gasteiger partial charge in [0, 0.05) is 17.8 Å². The number of aromatic nitrogens is 2. The van der Waals surface area contributed by atoms with E-state index in [2.05, 4.69) is 20.6 Å². The van der Waals surface area contributed by atoms with Crippen molar-refractivity contribution in [2.45, 2.75) is 94.0 Å². The third kappa shape index (κ3) is 3.92. The van der Waals surface area contributed by atoms with E-state index in [0.717, 1.165) is 38.5 Å². The molecular formula is C20H30FN5O2. The van der Waals surface area contributed by atoms with Crippen LogP contribution in [-0.2, 0) is 0 Å². The summed E-state index contributed by atoms with van der Waals surface area (Å²) in [6, 6.07) is 0.0132. The largest absolute Gasteiger partial charge is 0.390 e. The van der Waals surface area contributed by atoms with E-state index in [1.165, 1.54) is 6.20 Å². The molecule has 0 saturated heterocycles. The number of nitrogens with zero attached hydrogens (tertiary/aromatic N) is 2. The van der Waals surface area contributed by atoms with Gasteiger partial charge in [0.15, 0.2) is 0 Å². The molecule has 0 radical (unpaired) electrons. The van der Waals surface area contributed by atoms with Crippen LogP contribution in [0.2, 0.25) is 0 Å². The lowest BCUT2D eigenvalue weighted by Crippen LogP contribution is -2.52. The van der Waals surface area contributed by atoms with Gasteiger partial charge in [-0.25, -0.2) is 9.37 Å². The number of hydrogen-bond donors (Lipinski definition) is 4. The number of carbonyl (C=O) groups is 1. The number of amides is 1. The summed E-state index contributed by atoms with van der Waals surface area (Å²) < 4.78 is 14.4. The van der Waals surface area contributed by atoms with Crippen molar-refractivity contribution in [1.82, 2.24) is 9.97 Å². The van der Waals surface area contributed by atoms with E-state index >= 15 is 0 Å². The maximum absolute atomic E-state index is 14.4. The minimum atomic E-state index is -0.995. The van der Waals surface area contributed by atoms with E-state index < -0.39 is 17.2 Å². The third-order valence-corrected chi connectivity index (χ3v) is 6.88. The van der Waals surface area contributed by atoms with Crippen LogP contribution in [0.25, 0.3) is 0 Å². The lowest BCUT2D eigenvalue weighted by molar-refractivity contribution is 0.0149. The molecule has 154 valence electrons. The molecule has 1 heterocycles. The molecule has 4 fully saturated rings. The second-order valence-corrected chi connectivity index (χ2v) is 9.31. The minimum Gasteiger partial charge on any atom is -0.390 e. The van der Waals surface area contributed by atoms with E-state index in [1.807, 2.05) is 6.92 Å². The second-order valence-electron chi connectivity index (χ2n) is 9.31. The number of aliphatic hydroxyl groups is 1. The molecular weight excluding hydrogens is 361 g/mol. The lowest BCUT2D eigenvalue weighted by Gasteiger charge is -2.49. The van der Waals surface area contributed by atoms with E-state index in [0.29, 0.717) is 37.4 Å². The Balaban J connectivity index is 1.53. The quantitative estimate of drug-likeness (QED) is 0.614. The Morgan fingerprint density at radius 3 is 2.54 bits per heavy atom. The van der Waals surface area contributed by atoms with Gasteiger partial charge in [0.2, 0.25) is 5.95 Å². The first-order chi connectivity index (χ1) is 13.2. The Morgan fingerprint density at radius 1 is 1.25 bits per heavy atom. The highest BCUT2D eigenvalue weighted by Crippen LogP contribution is 2.50. The first-order valence-corrected chi connectivity index (χ1v) is 10.3. The average molecular weight is 391 g/mol. The fraction of sp³-hybridized carbons (Fsp3) is 0.750. The van der Waals surface area contributed by atoms with Gasteiger partial charge in [-0.3, -0.25) is 4.79 Å². The summed E-state index contributed by atoms with van der Waals surface area (Å²) in [5.41, 5.74) is 3.86. The molecule has 1 aromatic heterocycles. The van der Waals surface area contributed by atoms with Crippen molar-refractivity contribution in [3.05, 3.63) is 11.8 Å².